The number of hydrogen-bond donors (Lipinski definition) is 0. The van der Waals surface area contributed by atoms with Gasteiger partial charge >= 0.3 is 0 Å². The molecule has 1 amide bonds. The predicted molar refractivity (Wildman–Crippen MR) is 75.5 cm³/mol. The van der Waals surface area contributed by atoms with Crippen LogP contribution in [0.2, 0.25) is 0 Å². The topological polar surface area (TPSA) is 23.6 Å². The van der Waals surface area contributed by atoms with Gasteiger partial charge in [-0.1, -0.05) is 29.8 Å². The number of likely N-dealkylation sites (tertiary alicyclic amines) is 1. The van der Waals surface area contributed by atoms with Crippen LogP contribution in [0, 0.1) is 5.92 Å². The second-order valence-corrected chi connectivity index (χ2v) is 6.79. The molecule has 1 aliphatic rings. The molecule has 1 aliphatic heterocycles. The summed E-state index contributed by atoms with van der Waals surface area (Å²) in [5.41, 5.74) is 0. The highest BCUT2D eigenvalue weighted by atomic mass is 79.9. The van der Waals surface area contributed by atoms with Gasteiger partial charge in [0.15, 0.2) is 0 Å². The van der Waals surface area contributed by atoms with Gasteiger partial charge in [0.1, 0.15) is 0 Å². The first-order chi connectivity index (χ1) is 7.91. The maximum Gasteiger partial charge on any atom is 0.236 e. The Morgan fingerprint density at radius 1 is 1.47 bits per heavy atom. The molecule has 0 N–H and O–H groups in total. The van der Waals surface area contributed by atoms with Crippen molar-refractivity contribution in [2.45, 2.75) is 44.0 Å². The van der Waals surface area contributed by atoms with Crippen molar-refractivity contribution in [2.75, 3.05) is 27.2 Å². The van der Waals surface area contributed by atoms with Crippen LogP contribution in [-0.2, 0) is 4.79 Å². The van der Waals surface area contributed by atoms with Crippen molar-refractivity contribution in [1.29, 1.82) is 0 Å². The number of carbonyl (C=O) groups excluding carboxylic acids is 1. The van der Waals surface area contributed by atoms with E-state index in [4.69, 9.17) is 0 Å². The van der Waals surface area contributed by atoms with Crippen molar-refractivity contribution in [1.82, 2.24) is 9.80 Å². The van der Waals surface area contributed by atoms with Crippen molar-refractivity contribution in [2.24, 2.45) is 5.92 Å². The second kappa shape index (κ2) is 6.74. The zero-order valence-electron chi connectivity index (χ0n) is 11.4. The largest absolute Gasteiger partial charge is 0.337 e. The normalized spacial score (nSPS) is 23.6. The van der Waals surface area contributed by atoms with E-state index < -0.39 is 0 Å². The Bertz CT molecular complexity index is 246. The Balaban J connectivity index is 2.70. The highest BCUT2D eigenvalue weighted by Gasteiger charge is 2.32. The molecule has 0 aromatic heterocycles. The van der Waals surface area contributed by atoms with Crippen LogP contribution in [0.5, 0.6) is 0 Å². The summed E-state index contributed by atoms with van der Waals surface area (Å²) in [5.74, 6) is 0.909. The van der Waals surface area contributed by atoms with Crippen molar-refractivity contribution in [3.63, 3.8) is 0 Å². The molecule has 1 saturated heterocycles. The highest BCUT2D eigenvalue weighted by molar-refractivity contribution is 9.10. The maximum atomic E-state index is 12.2. The van der Waals surface area contributed by atoms with Gasteiger partial charge in [-0.2, -0.15) is 0 Å². The van der Waals surface area contributed by atoms with E-state index in [1.165, 1.54) is 0 Å². The lowest BCUT2D eigenvalue weighted by atomic mass is 9.99. The minimum atomic E-state index is 0.0353. The van der Waals surface area contributed by atoms with Crippen LogP contribution in [0.15, 0.2) is 0 Å². The van der Waals surface area contributed by atoms with E-state index in [0.717, 1.165) is 32.4 Å². The Morgan fingerprint density at radius 2 is 2.12 bits per heavy atom. The van der Waals surface area contributed by atoms with Gasteiger partial charge in [0.25, 0.3) is 0 Å². The van der Waals surface area contributed by atoms with Gasteiger partial charge in [-0.05, 0) is 39.3 Å². The molecule has 0 aliphatic carbocycles. The standard InChI is InChI=1S/C13H25BrN2O/c1-10(2)8-11(9-15(3)4)16-7-5-6-12(14)13(16)17/h10-12H,5-9H2,1-4H3. The first-order valence-corrected chi connectivity index (χ1v) is 7.42. The molecule has 0 aromatic rings. The van der Waals surface area contributed by atoms with Crippen molar-refractivity contribution in [3.05, 3.63) is 0 Å². The first-order valence-electron chi connectivity index (χ1n) is 6.51. The van der Waals surface area contributed by atoms with Gasteiger partial charge in [-0.3, -0.25) is 4.79 Å². The summed E-state index contributed by atoms with van der Waals surface area (Å²) in [7, 11) is 4.15. The summed E-state index contributed by atoms with van der Waals surface area (Å²) in [6.45, 7) is 6.33. The van der Waals surface area contributed by atoms with Gasteiger partial charge in [-0.15, -0.1) is 0 Å². The van der Waals surface area contributed by atoms with E-state index in [0.29, 0.717) is 12.0 Å². The van der Waals surface area contributed by atoms with E-state index in [-0.39, 0.29) is 10.7 Å². The molecule has 17 heavy (non-hydrogen) atoms. The summed E-state index contributed by atoms with van der Waals surface area (Å²) in [4.78, 5) is 16.5. The van der Waals surface area contributed by atoms with Gasteiger partial charge < -0.3 is 9.80 Å². The second-order valence-electron chi connectivity index (χ2n) is 5.69. The number of piperidine rings is 1. The molecule has 0 radical (unpaired) electrons. The molecular formula is C13H25BrN2O. The van der Waals surface area contributed by atoms with Crippen LogP contribution in [0.3, 0.4) is 0 Å². The number of rotatable bonds is 5. The third-order valence-electron chi connectivity index (χ3n) is 3.17. The fourth-order valence-corrected chi connectivity index (χ4v) is 3.07. The number of alkyl halides is 1. The number of likely N-dealkylation sites (N-methyl/N-ethyl adjacent to an activating group) is 1. The summed E-state index contributed by atoms with van der Waals surface area (Å²) in [6, 6.07) is 0.359. The Kier molecular flexibility index (Phi) is 5.93. The van der Waals surface area contributed by atoms with Crippen LogP contribution in [0.1, 0.15) is 33.1 Å². The average Bonchev–Trinajstić information content (AvgIpc) is 2.19. The molecule has 0 bridgehead atoms. The summed E-state index contributed by atoms with van der Waals surface area (Å²) in [5, 5.41) is 0. The fourth-order valence-electron chi connectivity index (χ4n) is 2.48. The lowest BCUT2D eigenvalue weighted by Crippen LogP contribution is -2.51. The lowest BCUT2D eigenvalue weighted by molar-refractivity contribution is -0.135. The van der Waals surface area contributed by atoms with Crippen LogP contribution in [0.25, 0.3) is 0 Å². The predicted octanol–water partition coefficient (Wildman–Crippen LogP) is 2.35. The van der Waals surface area contributed by atoms with Crippen molar-refractivity contribution >= 4 is 21.8 Å². The Morgan fingerprint density at radius 3 is 2.65 bits per heavy atom. The molecular weight excluding hydrogens is 280 g/mol. The highest BCUT2D eigenvalue weighted by Crippen LogP contribution is 2.23. The molecule has 3 nitrogen and oxygen atoms in total. The maximum absolute atomic E-state index is 12.2. The first kappa shape index (κ1) is 15.0. The molecule has 0 saturated carbocycles. The molecule has 100 valence electrons. The van der Waals surface area contributed by atoms with E-state index in [1.807, 2.05) is 0 Å². The lowest BCUT2D eigenvalue weighted by Gasteiger charge is -2.38. The minimum Gasteiger partial charge on any atom is -0.337 e. The van der Waals surface area contributed by atoms with Crippen LogP contribution in [-0.4, -0.2) is 53.8 Å². The van der Waals surface area contributed by atoms with Crippen LogP contribution in [0.4, 0.5) is 0 Å². The fraction of sp³-hybridized carbons (Fsp3) is 0.923. The van der Waals surface area contributed by atoms with Gasteiger partial charge in [0, 0.05) is 19.1 Å². The third-order valence-corrected chi connectivity index (χ3v) is 4.02. The number of hydrogen-bond acceptors (Lipinski definition) is 2. The van der Waals surface area contributed by atoms with Crippen molar-refractivity contribution < 1.29 is 4.79 Å². The Hall–Kier alpha value is -0.0900. The van der Waals surface area contributed by atoms with Crippen LogP contribution >= 0.6 is 15.9 Å². The number of amides is 1. The molecule has 0 aromatic carbocycles. The van der Waals surface area contributed by atoms with E-state index in [2.05, 4.69) is 53.7 Å². The van der Waals surface area contributed by atoms with Crippen LogP contribution < -0.4 is 0 Å². The van der Waals surface area contributed by atoms with Gasteiger partial charge in [-0.25, -0.2) is 0 Å². The number of carbonyl (C=O) groups is 1. The molecule has 1 heterocycles. The van der Waals surface area contributed by atoms with Crippen molar-refractivity contribution in [3.8, 4) is 0 Å². The summed E-state index contributed by atoms with van der Waals surface area (Å²) < 4.78 is 0. The molecule has 2 atom stereocenters. The monoisotopic (exact) mass is 304 g/mol. The molecule has 1 rings (SSSR count). The van der Waals surface area contributed by atoms with E-state index in [9.17, 15) is 4.79 Å². The average molecular weight is 305 g/mol. The summed E-state index contributed by atoms with van der Waals surface area (Å²) in [6.07, 6.45) is 3.18. The number of nitrogens with zero attached hydrogens (tertiary/aromatic N) is 2. The SMILES string of the molecule is CC(C)CC(CN(C)C)N1CCCC(Br)C1=O. The van der Waals surface area contributed by atoms with E-state index >= 15 is 0 Å². The number of halogens is 1. The smallest absolute Gasteiger partial charge is 0.236 e. The molecule has 2 unspecified atom stereocenters. The van der Waals surface area contributed by atoms with Gasteiger partial charge in [0.2, 0.25) is 5.91 Å². The summed E-state index contributed by atoms with van der Waals surface area (Å²) >= 11 is 3.49. The zero-order chi connectivity index (χ0) is 13.0. The van der Waals surface area contributed by atoms with E-state index in [1.54, 1.807) is 0 Å². The zero-order valence-corrected chi connectivity index (χ0v) is 13.0. The molecule has 1 fully saturated rings. The molecule has 0 spiro atoms. The molecule has 4 heteroatoms. The quantitative estimate of drug-likeness (QED) is 0.728. The Labute approximate surface area is 114 Å². The minimum absolute atomic E-state index is 0.0353. The third kappa shape index (κ3) is 4.59. The van der Waals surface area contributed by atoms with Gasteiger partial charge in [0.05, 0.1) is 4.83 Å².